The number of hydrogen-bond acceptors (Lipinski definition) is 3. The summed E-state index contributed by atoms with van der Waals surface area (Å²) in [5, 5.41) is 11.5. The molecule has 6 heteroatoms. The largest absolute Gasteiger partial charge is 0.324 e. The molecule has 1 atom stereocenters. The number of carbonyl (C=O) groups excluding carboxylic acids is 1. The first-order valence-corrected chi connectivity index (χ1v) is 9.16. The highest BCUT2D eigenvalue weighted by molar-refractivity contribution is 5.91. The number of hydrogen-bond donors (Lipinski definition) is 1. The molecule has 3 rings (SSSR count). The fraction of sp³-hybridized carbons (Fsp3) is 0.526. The second kappa shape index (κ2) is 7.68. The van der Waals surface area contributed by atoms with Gasteiger partial charge >= 0.3 is 6.03 Å². The van der Waals surface area contributed by atoms with Crippen LogP contribution in [0.5, 0.6) is 0 Å². The number of nitrogens with one attached hydrogen (secondary N) is 1. The number of aromatic nitrogens is 3. The average molecular weight is 341 g/mol. The summed E-state index contributed by atoms with van der Waals surface area (Å²) in [6.45, 7) is 8.57. The van der Waals surface area contributed by atoms with Crippen molar-refractivity contribution in [2.75, 3.05) is 18.4 Å². The molecule has 0 bridgehead atoms. The van der Waals surface area contributed by atoms with Crippen molar-refractivity contribution < 1.29 is 4.79 Å². The molecule has 1 fully saturated rings. The number of amides is 2. The van der Waals surface area contributed by atoms with E-state index in [1.54, 1.807) is 6.33 Å². The van der Waals surface area contributed by atoms with Crippen LogP contribution in [0.25, 0.3) is 0 Å². The molecule has 1 aliphatic heterocycles. The minimum atomic E-state index is -0.0173. The summed E-state index contributed by atoms with van der Waals surface area (Å²) in [7, 11) is 0. The van der Waals surface area contributed by atoms with Gasteiger partial charge in [0.2, 0.25) is 0 Å². The van der Waals surface area contributed by atoms with E-state index in [0.717, 1.165) is 49.4 Å². The molecule has 6 nitrogen and oxygen atoms in total. The van der Waals surface area contributed by atoms with Gasteiger partial charge in [-0.15, -0.1) is 10.2 Å². The molecule has 0 unspecified atom stereocenters. The van der Waals surface area contributed by atoms with Gasteiger partial charge in [-0.05, 0) is 44.2 Å². The smallest absolute Gasteiger partial charge is 0.321 e. The Hall–Kier alpha value is -2.37. The highest BCUT2D eigenvalue weighted by Crippen LogP contribution is 2.27. The fourth-order valence-corrected chi connectivity index (χ4v) is 3.58. The Morgan fingerprint density at radius 3 is 2.96 bits per heavy atom. The van der Waals surface area contributed by atoms with Gasteiger partial charge < -0.3 is 14.8 Å². The van der Waals surface area contributed by atoms with Crippen LogP contribution in [-0.4, -0.2) is 38.8 Å². The number of benzene rings is 1. The zero-order valence-corrected chi connectivity index (χ0v) is 15.3. The van der Waals surface area contributed by atoms with E-state index in [1.165, 1.54) is 5.56 Å². The molecule has 134 valence electrons. The summed E-state index contributed by atoms with van der Waals surface area (Å²) < 4.78 is 2.07. The highest BCUT2D eigenvalue weighted by Gasteiger charge is 2.28. The van der Waals surface area contributed by atoms with Crippen LogP contribution in [0.2, 0.25) is 0 Å². The van der Waals surface area contributed by atoms with Gasteiger partial charge in [-0.2, -0.15) is 0 Å². The minimum Gasteiger partial charge on any atom is -0.324 e. The Morgan fingerprint density at radius 1 is 1.36 bits per heavy atom. The Labute approximate surface area is 149 Å². The van der Waals surface area contributed by atoms with Gasteiger partial charge in [0, 0.05) is 31.2 Å². The lowest BCUT2D eigenvalue weighted by Crippen LogP contribution is -2.42. The van der Waals surface area contributed by atoms with E-state index in [0.29, 0.717) is 6.54 Å². The van der Waals surface area contributed by atoms with Gasteiger partial charge in [-0.25, -0.2) is 4.79 Å². The molecule has 25 heavy (non-hydrogen) atoms. The van der Waals surface area contributed by atoms with E-state index in [2.05, 4.69) is 40.0 Å². The van der Waals surface area contributed by atoms with E-state index in [4.69, 9.17) is 0 Å². The number of piperidine rings is 1. The predicted molar refractivity (Wildman–Crippen MR) is 98.8 cm³/mol. The maximum absolute atomic E-state index is 12.8. The van der Waals surface area contributed by atoms with Crippen molar-refractivity contribution in [3.63, 3.8) is 0 Å². The van der Waals surface area contributed by atoms with Crippen LogP contribution < -0.4 is 5.32 Å². The van der Waals surface area contributed by atoms with Crippen LogP contribution in [-0.2, 0) is 13.0 Å². The van der Waals surface area contributed by atoms with E-state index < -0.39 is 0 Å². The van der Waals surface area contributed by atoms with Gasteiger partial charge in [0.1, 0.15) is 12.2 Å². The van der Waals surface area contributed by atoms with E-state index in [-0.39, 0.29) is 11.9 Å². The number of carbonyl (C=O) groups is 1. The van der Waals surface area contributed by atoms with Crippen LogP contribution in [0.4, 0.5) is 10.5 Å². The summed E-state index contributed by atoms with van der Waals surface area (Å²) in [4.78, 5) is 14.7. The number of likely N-dealkylation sites (tertiary alicyclic amines) is 1. The summed E-state index contributed by atoms with van der Waals surface area (Å²) in [5.74, 6) is 1.25. The molecule has 0 aliphatic carbocycles. The van der Waals surface area contributed by atoms with Crippen molar-refractivity contribution in [3.05, 3.63) is 41.5 Å². The lowest BCUT2D eigenvalue weighted by molar-refractivity contribution is 0.190. The molecule has 1 aromatic heterocycles. The normalized spacial score (nSPS) is 17.6. The Kier molecular flexibility index (Phi) is 5.36. The third-order valence-electron chi connectivity index (χ3n) is 5.03. The summed E-state index contributed by atoms with van der Waals surface area (Å²) in [5.41, 5.74) is 3.23. The van der Waals surface area contributed by atoms with Gasteiger partial charge in [0.25, 0.3) is 0 Å². The second-order valence-corrected chi connectivity index (χ2v) is 6.65. The Morgan fingerprint density at radius 2 is 2.20 bits per heavy atom. The molecule has 0 spiro atoms. The van der Waals surface area contributed by atoms with Gasteiger partial charge in [0.05, 0.1) is 0 Å². The van der Waals surface area contributed by atoms with Gasteiger partial charge in [-0.1, -0.05) is 25.1 Å². The van der Waals surface area contributed by atoms with Gasteiger partial charge in [-0.3, -0.25) is 0 Å². The topological polar surface area (TPSA) is 63.1 Å². The molecule has 0 radical (unpaired) electrons. The predicted octanol–water partition coefficient (Wildman–Crippen LogP) is 3.58. The quantitative estimate of drug-likeness (QED) is 0.924. The second-order valence-electron chi connectivity index (χ2n) is 6.65. The molecular weight excluding hydrogens is 314 g/mol. The van der Waals surface area contributed by atoms with Crippen LogP contribution in [0.3, 0.4) is 0 Å². The van der Waals surface area contributed by atoms with Crippen LogP contribution >= 0.6 is 0 Å². The summed E-state index contributed by atoms with van der Waals surface area (Å²) in [6, 6.07) is 6.14. The number of nitrogens with zero attached hydrogens (tertiary/aromatic N) is 4. The number of rotatable bonds is 4. The van der Waals surface area contributed by atoms with E-state index >= 15 is 0 Å². The fourth-order valence-electron chi connectivity index (χ4n) is 3.58. The minimum absolute atomic E-state index is 0.0173. The van der Waals surface area contributed by atoms with E-state index in [1.807, 2.05) is 24.0 Å². The van der Waals surface area contributed by atoms with Crippen molar-refractivity contribution >= 4 is 11.7 Å². The average Bonchev–Trinajstić information content (AvgIpc) is 3.12. The van der Waals surface area contributed by atoms with Gasteiger partial charge in [0.15, 0.2) is 0 Å². The van der Waals surface area contributed by atoms with E-state index in [9.17, 15) is 4.79 Å². The Balaban J connectivity index is 1.73. The van der Waals surface area contributed by atoms with Crippen LogP contribution in [0.1, 0.15) is 49.6 Å². The molecule has 0 saturated carbocycles. The van der Waals surface area contributed by atoms with Crippen molar-refractivity contribution in [2.45, 2.75) is 52.5 Å². The number of aryl methyl sites for hydroxylation is 3. The number of para-hydroxylation sites is 1. The molecule has 2 aromatic rings. The molecule has 2 heterocycles. The monoisotopic (exact) mass is 341 g/mol. The first-order chi connectivity index (χ1) is 12.1. The zero-order chi connectivity index (χ0) is 17.8. The molecule has 1 aromatic carbocycles. The first kappa shape index (κ1) is 17.5. The third kappa shape index (κ3) is 3.67. The molecule has 1 aliphatic rings. The van der Waals surface area contributed by atoms with Crippen molar-refractivity contribution in [3.8, 4) is 0 Å². The zero-order valence-electron chi connectivity index (χ0n) is 15.3. The van der Waals surface area contributed by atoms with Crippen molar-refractivity contribution in [1.29, 1.82) is 0 Å². The highest BCUT2D eigenvalue weighted by atomic mass is 16.2. The van der Waals surface area contributed by atoms with Crippen molar-refractivity contribution in [2.24, 2.45) is 0 Å². The number of urea groups is 1. The SMILES string of the molecule is CCc1cccc(C)c1NC(=O)N1CCC[C@@H](c2nncn2CC)C1. The lowest BCUT2D eigenvalue weighted by atomic mass is 9.97. The Bertz CT molecular complexity index is 739. The van der Waals surface area contributed by atoms with Crippen LogP contribution in [0.15, 0.2) is 24.5 Å². The molecule has 1 N–H and O–H groups in total. The maximum Gasteiger partial charge on any atom is 0.321 e. The molecular formula is C19H27N5O. The van der Waals surface area contributed by atoms with Crippen LogP contribution in [0, 0.1) is 6.92 Å². The molecule has 1 saturated heterocycles. The standard InChI is InChI=1S/C19H27N5O/c1-4-15-9-6-8-14(3)17(15)21-19(25)24-11-7-10-16(12-24)18-22-20-13-23(18)5-2/h6,8-9,13,16H,4-5,7,10-12H2,1-3H3,(H,21,25)/t16-/m1/s1. The molecule has 2 amide bonds. The number of anilines is 1. The summed E-state index contributed by atoms with van der Waals surface area (Å²) in [6.07, 6.45) is 4.71. The lowest BCUT2D eigenvalue weighted by Gasteiger charge is -2.32. The van der Waals surface area contributed by atoms with Crippen molar-refractivity contribution in [1.82, 2.24) is 19.7 Å². The maximum atomic E-state index is 12.8. The summed E-state index contributed by atoms with van der Waals surface area (Å²) >= 11 is 0. The first-order valence-electron chi connectivity index (χ1n) is 9.16. The third-order valence-corrected chi connectivity index (χ3v) is 5.03.